The van der Waals surface area contributed by atoms with Crippen LogP contribution in [0.2, 0.25) is 0 Å². The molecule has 1 aliphatic rings. The summed E-state index contributed by atoms with van der Waals surface area (Å²) >= 11 is 0. The van der Waals surface area contributed by atoms with Crippen molar-refractivity contribution in [3.63, 3.8) is 0 Å². The van der Waals surface area contributed by atoms with Gasteiger partial charge >= 0.3 is 6.03 Å². The molecule has 0 atom stereocenters. The Labute approximate surface area is 121 Å². The number of primary amides is 1. The second-order valence-corrected chi connectivity index (χ2v) is 5.08. The van der Waals surface area contributed by atoms with Gasteiger partial charge in [-0.3, -0.25) is 14.7 Å². The average molecular weight is 283 g/mol. The van der Waals surface area contributed by atoms with Crippen LogP contribution in [0.25, 0.3) is 10.9 Å². The molecule has 1 aromatic heterocycles. The Morgan fingerprint density at radius 1 is 1.33 bits per heavy atom. The lowest BCUT2D eigenvalue weighted by molar-refractivity contribution is -0.123. The molecule has 0 unspecified atom stereocenters. The van der Waals surface area contributed by atoms with Gasteiger partial charge in [-0.2, -0.15) is 0 Å². The smallest absolute Gasteiger partial charge is 0.321 e. The van der Waals surface area contributed by atoms with Crippen LogP contribution in [-0.2, 0) is 11.2 Å². The Balaban J connectivity index is 1.84. The van der Waals surface area contributed by atoms with E-state index in [4.69, 9.17) is 11.5 Å². The van der Waals surface area contributed by atoms with Gasteiger partial charge in [0, 0.05) is 23.8 Å². The third-order valence-corrected chi connectivity index (χ3v) is 3.71. The van der Waals surface area contributed by atoms with Gasteiger partial charge in [0.05, 0.1) is 11.4 Å². The summed E-state index contributed by atoms with van der Waals surface area (Å²) < 4.78 is 0. The number of anilines is 1. The highest BCUT2D eigenvalue weighted by molar-refractivity contribution is 6.03. The number of carbonyl (C=O) groups excluding carboxylic acids is 2. The van der Waals surface area contributed by atoms with Gasteiger partial charge in [-0.1, -0.05) is 6.07 Å². The topological polar surface area (TPSA) is 102 Å². The summed E-state index contributed by atoms with van der Waals surface area (Å²) in [5, 5.41) is 0.868. The number of urea groups is 1. The number of hydrogen-bond donors (Lipinski definition) is 2. The molecular weight excluding hydrogens is 268 g/mol. The van der Waals surface area contributed by atoms with Crippen molar-refractivity contribution < 1.29 is 9.59 Å². The van der Waals surface area contributed by atoms with Crippen LogP contribution < -0.4 is 11.5 Å². The summed E-state index contributed by atoms with van der Waals surface area (Å²) in [6.45, 7) is 0.362. The van der Waals surface area contributed by atoms with Crippen molar-refractivity contribution in [1.29, 1.82) is 0 Å². The van der Waals surface area contributed by atoms with Crippen LogP contribution in [0.5, 0.6) is 0 Å². The highest BCUT2D eigenvalue weighted by Gasteiger charge is 2.35. The minimum Gasteiger partial charge on any atom is -0.398 e. The fraction of sp³-hybridized carbons (Fsp3) is 0.200. The second kappa shape index (κ2) is 5.05. The van der Waals surface area contributed by atoms with Gasteiger partial charge in [-0.05, 0) is 36.6 Å². The highest BCUT2D eigenvalue weighted by Crippen LogP contribution is 2.27. The van der Waals surface area contributed by atoms with E-state index in [-0.39, 0.29) is 5.91 Å². The number of hydrogen-bond acceptors (Lipinski definition) is 4. The van der Waals surface area contributed by atoms with E-state index in [0.29, 0.717) is 31.0 Å². The molecule has 1 aliphatic heterocycles. The molecule has 6 heteroatoms. The Morgan fingerprint density at radius 2 is 2.14 bits per heavy atom. The highest BCUT2D eigenvalue weighted by atomic mass is 16.2. The molecule has 6 nitrogen and oxygen atoms in total. The maximum absolute atomic E-state index is 12.0. The molecule has 1 aromatic carbocycles. The molecule has 0 spiro atoms. The van der Waals surface area contributed by atoms with Crippen molar-refractivity contribution in [2.75, 3.05) is 12.3 Å². The number of pyridine rings is 1. The molecule has 3 amide bonds. The molecule has 2 aromatic rings. The number of amides is 3. The molecular formula is C15H15N4O2. The van der Waals surface area contributed by atoms with E-state index in [9.17, 15) is 9.59 Å². The second-order valence-electron chi connectivity index (χ2n) is 5.08. The number of rotatable bonds is 2. The first-order valence-electron chi connectivity index (χ1n) is 6.65. The molecule has 107 valence electrons. The van der Waals surface area contributed by atoms with Crippen LogP contribution in [0.3, 0.4) is 0 Å². The largest absolute Gasteiger partial charge is 0.398 e. The van der Waals surface area contributed by atoms with Crippen molar-refractivity contribution in [3.05, 3.63) is 41.9 Å². The van der Waals surface area contributed by atoms with E-state index in [1.165, 1.54) is 0 Å². The van der Waals surface area contributed by atoms with E-state index < -0.39 is 6.03 Å². The molecule has 1 fully saturated rings. The number of benzene rings is 1. The van der Waals surface area contributed by atoms with Crippen LogP contribution in [-0.4, -0.2) is 28.4 Å². The standard InChI is InChI=1S/C15H15N4O2/c16-12-3-5-18-13-2-1-9(8-11(12)13)7-10-4-6-19(14(10)20)15(17)21/h1-3,5,8H,4,6-7H2,(H2,16,18)(H2,17,21). The number of aromatic nitrogens is 1. The summed E-state index contributed by atoms with van der Waals surface area (Å²) in [6, 6.07) is 6.79. The third kappa shape index (κ3) is 2.40. The summed E-state index contributed by atoms with van der Waals surface area (Å²) in [7, 11) is 0. The third-order valence-electron chi connectivity index (χ3n) is 3.71. The van der Waals surface area contributed by atoms with E-state index in [1.54, 1.807) is 12.3 Å². The maximum Gasteiger partial charge on any atom is 0.321 e. The van der Waals surface area contributed by atoms with Gasteiger partial charge in [0.25, 0.3) is 0 Å². The van der Waals surface area contributed by atoms with Gasteiger partial charge in [0.2, 0.25) is 5.91 Å². The number of likely N-dealkylation sites (tertiary alicyclic amines) is 1. The molecule has 1 saturated heterocycles. The van der Waals surface area contributed by atoms with Gasteiger partial charge in [-0.15, -0.1) is 0 Å². The van der Waals surface area contributed by atoms with Crippen molar-refractivity contribution in [2.24, 2.45) is 5.73 Å². The van der Waals surface area contributed by atoms with E-state index in [2.05, 4.69) is 4.98 Å². The lowest BCUT2D eigenvalue weighted by Gasteiger charge is -2.11. The maximum atomic E-state index is 12.0. The fourth-order valence-electron chi connectivity index (χ4n) is 2.59. The molecule has 2 heterocycles. The predicted molar refractivity (Wildman–Crippen MR) is 79.0 cm³/mol. The number of nitrogen functional groups attached to an aromatic ring is 1. The van der Waals surface area contributed by atoms with E-state index in [1.807, 2.05) is 18.2 Å². The molecule has 0 aliphatic carbocycles. The van der Waals surface area contributed by atoms with Crippen LogP contribution in [0.1, 0.15) is 12.0 Å². The Morgan fingerprint density at radius 3 is 2.86 bits per heavy atom. The molecule has 1 radical (unpaired) electrons. The van der Waals surface area contributed by atoms with Crippen LogP contribution in [0, 0.1) is 5.92 Å². The molecule has 0 saturated carbocycles. The molecule has 0 bridgehead atoms. The zero-order valence-electron chi connectivity index (χ0n) is 11.4. The summed E-state index contributed by atoms with van der Waals surface area (Å²) in [4.78, 5) is 28.5. The normalized spacial score (nSPS) is 15.8. The van der Waals surface area contributed by atoms with Crippen molar-refractivity contribution in [1.82, 2.24) is 9.88 Å². The number of imide groups is 1. The first-order valence-corrected chi connectivity index (χ1v) is 6.65. The SMILES string of the molecule is NC(=O)N1CC[C](Cc2ccc3nccc(N)c3c2)C1=O. The summed E-state index contributed by atoms with van der Waals surface area (Å²) in [5.41, 5.74) is 13.6. The molecule has 3 rings (SSSR count). The zero-order valence-corrected chi connectivity index (χ0v) is 11.4. The predicted octanol–water partition coefficient (Wildman–Crippen LogP) is 1.24. The molecule has 4 N–H and O–H groups in total. The van der Waals surface area contributed by atoms with Gasteiger partial charge < -0.3 is 11.5 Å². The van der Waals surface area contributed by atoms with E-state index in [0.717, 1.165) is 21.4 Å². The Kier molecular flexibility index (Phi) is 3.21. The van der Waals surface area contributed by atoms with Crippen LogP contribution >= 0.6 is 0 Å². The first kappa shape index (κ1) is 13.4. The van der Waals surface area contributed by atoms with Crippen molar-refractivity contribution >= 4 is 28.5 Å². The van der Waals surface area contributed by atoms with Crippen LogP contribution in [0.4, 0.5) is 10.5 Å². The van der Waals surface area contributed by atoms with Gasteiger partial charge in [0.15, 0.2) is 0 Å². The van der Waals surface area contributed by atoms with Crippen molar-refractivity contribution in [3.8, 4) is 0 Å². The van der Waals surface area contributed by atoms with Crippen molar-refractivity contribution in [2.45, 2.75) is 12.8 Å². The summed E-state index contributed by atoms with van der Waals surface area (Å²) in [5.74, 6) is 0.414. The lowest BCUT2D eigenvalue weighted by atomic mass is 9.96. The number of nitrogens with zero attached hydrogens (tertiary/aromatic N) is 2. The quantitative estimate of drug-likeness (QED) is 0.865. The Hall–Kier alpha value is -2.63. The number of fused-ring (bicyclic) bond motifs is 1. The minimum atomic E-state index is -0.693. The molecule has 21 heavy (non-hydrogen) atoms. The zero-order chi connectivity index (χ0) is 15.0. The summed E-state index contributed by atoms with van der Waals surface area (Å²) in [6.07, 6.45) is 2.71. The first-order chi connectivity index (χ1) is 10.1. The average Bonchev–Trinajstić information content (AvgIpc) is 2.81. The van der Waals surface area contributed by atoms with Gasteiger partial charge in [-0.25, -0.2) is 4.79 Å². The number of carbonyl (C=O) groups is 2. The van der Waals surface area contributed by atoms with Crippen LogP contribution in [0.15, 0.2) is 30.5 Å². The lowest BCUT2D eigenvalue weighted by Crippen LogP contribution is -2.37. The van der Waals surface area contributed by atoms with Gasteiger partial charge in [0.1, 0.15) is 0 Å². The fourth-order valence-corrected chi connectivity index (χ4v) is 2.59. The van der Waals surface area contributed by atoms with E-state index >= 15 is 0 Å². The minimum absolute atomic E-state index is 0.276. The Bertz CT molecular complexity index is 729. The number of nitrogens with two attached hydrogens (primary N) is 2. The monoisotopic (exact) mass is 283 g/mol.